The molecule has 0 heterocycles. The fourth-order valence-corrected chi connectivity index (χ4v) is 6.54. The van der Waals surface area contributed by atoms with Gasteiger partial charge in [-0.25, -0.2) is 0 Å². The second-order valence-electron chi connectivity index (χ2n) is 15.6. The Bertz CT molecular complexity index is 977. The van der Waals surface area contributed by atoms with Crippen LogP contribution in [0, 0.1) is 0 Å². The molecule has 0 radical (unpaired) electrons. The highest BCUT2D eigenvalue weighted by Crippen LogP contribution is 2.14. The van der Waals surface area contributed by atoms with Crippen LogP contribution >= 0.6 is 0 Å². The van der Waals surface area contributed by atoms with Crippen LogP contribution in [0.3, 0.4) is 0 Å². The third-order valence-corrected chi connectivity index (χ3v) is 10.1. The molecule has 0 amide bonds. The highest BCUT2D eigenvalue weighted by molar-refractivity contribution is 5.70. The van der Waals surface area contributed by atoms with E-state index in [1.807, 2.05) is 0 Å². The average molecular weight is 783 g/mol. The van der Waals surface area contributed by atoms with Crippen molar-refractivity contribution >= 4 is 11.9 Å². The van der Waals surface area contributed by atoms with Crippen molar-refractivity contribution in [3.05, 3.63) is 60.8 Å². The number of ether oxygens (including phenoxy) is 3. The topological polar surface area (TPSA) is 61.8 Å². The van der Waals surface area contributed by atoms with Crippen molar-refractivity contribution in [1.82, 2.24) is 0 Å². The highest BCUT2D eigenvalue weighted by Gasteiger charge is 2.17. The van der Waals surface area contributed by atoms with Crippen molar-refractivity contribution in [3.63, 3.8) is 0 Å². The van der Waals surface area contributed by atoms with Gasteiger partial charge in [0.05, 0.1) is 6.61 Å². The first-order valence-electron chi connectivity index (χ1n) is 23.8. The maximum absolute atomic E-state index is 12.7. The Morgan fingerprint density at radius 3 is 1.29 bits per heavy atom. The van der Waals surface area contributed by atoms with Crippen LogP contribution < -0.4 is 0 Å². The summed E-state index contributed by atoms with van der Waals surface area (Å²) in [6.45, 7) is 7.68. The van der Waals surface area contributed by atoms with Crippen molar-refractivity contribution in [3.8, 4) is 0 Å². The average Bonchev–Trinajstić information content (AvgIpc) is 3.20. The molecule has 0 aromatic heterocycles. The molecule has 1 unspecified atom stereocenters. The van der Waals surface area contributed by atoms with E-state index in [0.717, 1.165) is 83.5 Å². The Hall–Kier alpha value is -2.40. The smallest absolute Gasteiger partial charge is 0.306 e. The summed E-state index contributed by atoms with van der Waals surface area (Å²) in [5, 5.41) is 0. The summed E-state index contributed by atoms with van der Waals surface area (Å²) in [7, 11) is 0. The first kappa shape index (κ1) is 53.6. The molecule has 56 heavy (non-hydrogen) atoms. The van der Waals surface area contributed by atoms with E-state index in [2.05, 4.69) is 81.5 Å². The van der Waals surface area contributed by atoms with E-state index in [1.165, 1.54) is 109 Å². The van der Waals surface area contributed by atoms with Crippen LogP contribution in [0.1, 0.15) is 226 Å². The van der Waals surface area contributed by atoms with Gasteiger partial charge in [0.15, 0.2) is 6.10 Å². The molecule has 0 aliphatic carbocycles. The molecule has 1 atom stereocenters. The minimum atomic E-state index is -0.544. The van der Waals surface area contributed by atoms with Crippen LogP contribution in [0.25, 0.3) is 0 Å². The van der Waals surface area contributed by atoms with E-state index in [4.69, 9.17) is 14.2 Å². The molecule has 0 rings (SSSR count). The van der Waals surface area contributed by atoms with Gasteiger partial charge in [0.2, 0.25) is 0 Å². The molecule has 5 nitrogen and oxygen atoms in total. The highest BCUT2D eigenvalue weighted by atomic mass is 16.6. The Kier molecular flexibility index (Phi) is 45.0. The molecule has 0 fully saturated rings. The first-order chi connectivity index (χ1) is 27.6. The standard InChI is InChI=1S/C51H90O5/c1-4-7-10-13-16-19-21-23-24-25-26-27-28-29-30-33-35-38-41-44-50(52)55-48-49(56-51(53)45-42-39-36-32-18-15-12-9-6-3)47-54-46-43-40-37-34-31-22-20-17-14-11-8-5-2/h7,10,16,19,23-24,26-27,29-30,49H,4-6,8-9,11-15,17-18,20-22,25,28,31-48H2,1-3H3/b10-7-,19-16-,24-23-,27-26-,30-29-. The zero-order chi connectivity index (χ0) is 40.7. The van der Waals surface area contributed by atoms with Gasteiger partial charge in [0.1, 0.15) is 6.61 Å². The second-order valence-corrected chi connectivity index (χ2v) is 15.6. The Morgan fingerprint density at radius 1 is 0.411 bits per heavy atom. The molecular weight excluding hydrogens is 693 g/mol. The molecule has 0 aromatic carbocycles. The SMILES string of the molecule is CC/C=C\C/C=C\C/C=C\C/C=C\C/C=C\CCCCCC(=O)OCC(COCCCCCCCCCCCCCC)OC(=O)CCCCCCCCCCC. The van der Waals surface area contributed by atoms with Gasteiger partial charge in [-0.2, -0.15) is 0 Å². The molecule has 0 N–H and O–H groups in total. The maximum atomic E-state index is 12.7. The molecule has 0 aromatic rings. The van der Waals surface area contributed by atoms with Gasteiger partial charge >= 0.3 is 11.9 Å². The predicted molar refractivity (Wildman–Crippen MR) is 242 cm³/mol. The minimum absolute atomic E-state index is 0.0703. The molecule has 0 saturated carbocycles. The molecule has 0 aliphatic heterocycles. The lowest BCUT2D eigenvalue weighted by atomic mass is 10.1. The summed E-state index contributed by atoms with van der Waals surface area (Å²) in [5.41, 5.74) is 0. The van der Waals surface area contributed by atoms with Crippen LogP contribution in [0.2, 0.25) is 0 Å². The van der Waals surface area contributed by atoms with Crippen LogP contribution in [0.15, 0.2) is 60.8 Å². The van der Waals surface area contributed by atoms with Gasteiger partial charge in [0.25, 0.3) is 0 Å². The van der Waals surface area contributed by atoms with Gasteiger partial charge in [-0.15, -0.1) is 0 Å². The zero-order valence-corrected chi connectivity index (χ0v) is 37.1. The Morgan fingerprint density at radius 2 is 0.804 bits per heavy atom. The van der Waals surface area contributed by atoms with E-state index >= 15 is 0 Å². The van der Waals surface area contributed by atoms with Crippen molar-refractivity contribution in [2.24, 2.45) is 0 Å². The number of unbranched alkanes of at least 4 members (excludes halogenated alkanes) is 22. The third-order valence-electron chi connectivity index (χ3n) is 10.1. The number of hydrogen-bond donors (Lipinski definition) is 0. The Labute approximate surface area is 347 Å². The molecule has 324 valence electrons. The monoisotopic (exact) mass is 783 g/mol. The van der Waals surface area contributed by atoms with Crippen LogP contribution in [0.5, 0.6) is 0 Å². The number of carbonyl (C=O) groups excluding carboxylic acids is 2. The summed E-state index contributed by atoms with van der Waals surface area (Å²) >= 11 is 0. The lowest BCUT2D eigenvalue weighted by Crippen LogP contribution is -2.30. The summed E-state index contributed by atoms with van der Waals surface area (Å²) in [6.07, 6.45) is 57.9. The van der Waals surface area contributed by atoms with E-state index in [9.17, 15) is 9.59 Å². The normalized spacial score (nSPS) is 12.7. The summed E-state index contributed by atoms with van der Waals surface area (Å²) in [4.78, 5) is 25.2. The lowest BCUT2D eigenvalue weighted by molar-refractivity contribution is -0.163. The fraction of sp³-hybridized carbons (Fsp3) is 0.765. The maximum Gasteiger partial charge on any atom is 0.306 e. The Balaban J connectivity index is 4.25. The summed E-state index contributed by atoms with van der Waals surface area (Å²) in [5.74, 6) is -0.432. The van der Waals surface area contributed by atoms with E-state index in [0.29, 0.717) is 19.4 Å². The van der Waals surface area contributed by atoms with Gasteiger partial charge < -0.3 is 14.2 Å². The van der Waals surface area contributed by atoms with Crippen molar-refractivity contribution in [1.29, 1.82) is 0 Å². The van der Waals surface area contributed by atoms with E-state index < -0.39 is 6.10 Å². The number of hydrogen-bond acceptors (Lipinski definition) is 5. The predicted octanol–water partition coefficient (Wildman–Crippen LogP) is 15.8. The summed E-state index contributed by atoms with van der Waals surface area (Å²) in [6, 6.07) is 0. The van der Waals surface area contributed by atoms with E-state index in [-0.39, 0.29) is 25.2 Å². The van der Waals surface area contributed by atoms with Gasteiger partial charge in [-0.3, -0.25) is 9.59 Å². The number of esters is 2. The fourth-order valence-electron chi connectivity index (χ4n) is 6.54. The van der Waals surface area contributed by atoms with Crippen LogP contribution in [0.4, 0.5) is 0 Å². The first-order valence-corrected chi connectivity index (χ1v) is 23.8. The van der Waals surface area contributed by atoms with Crippen LogP contribution in [-0.2, 0) is 23.8 Å². The second kappa shape index (κ2) is 47.0. The lowest BCUT2D eigenvalue weighted by Gasteiger charge is -2.18. The minimum Gasteiger partial charge on any atom is -0.462 e. The van der Waals surface area contributed by atoms with E-state index in [1.54, 1.807) is 0 Å². The largest absolute Gasteiger partial charge is 0.462 e. The van der Waals surface area contributed by atoms with Crippen molar-refractivity contribution in [2.45, 2.75) is 232 Å². The third kappa shape index (κ3) is 44.3. The molecule has 0 spiro atoms. The zero-order valence-electron chi connectivity index (χ0n) is 37.1. The van der Waals surface area contributed by atoms with Gasteiger partial charge in [-0.05, 0) is 64.2 Å². The summed E-state index contributed by atoms with van der Waals surface area (Å²) < 4.78 is 17.3. The van der Waals surface area contributed by atoms with Crippen LogP contribution in [-0.4, -0.2) is 37.9 Å². The number of allylic oxidation sites excluding steroid dienone is 10. The molecule has 5 heteroatoms. The van der Waals surface area contributed by atoms with Crippen molar-refractivity contribution < 1.29 is 23.8 Å². The molecule has 0 saturated heterocycles. The molecule has 0 bridgehead atoms. The molecule has 0 aliphatic rings. The quantitative estimate of drug-likeness (QED) is 0.0350. The van der Waals surface area contributed by atoms with Gasteiger partial charge in [0, 0.05) is 19.4 Å². The number of rotatable bonds is 43. The molecular formula is C51H90O5. The number of carbonyl (C=O) groups is 2. The van der Waals surface area contributed by atoms with Crippen molar-refractivity contribution in [2.75, 3.05) is 19.8 Å². The van der Waals surface area contributed by atoms with Gasteiger partial charge in [-0.1, -0.05) is 210 Å².